The van der Waals surface area contributed by atoms with Gasteiger partial charge in [0, 0.05) is 16.1 Å². The van der Waals surface area contributed by atoms with Gasteiger partial charge in [0.15, 0.2) is 0 Å². The number of hydrogen-bond donors (Lipinski definition) is 1. The lowest BCUT2D eigenvalue weighted by atomic mass is 10.1. The van der Waals surface area contributed by atoms with Crippen molar-refractivity contribution in [1.29, 1.82) is 0 Å². The average molecular weight is 347 g/mol. The van der Waals surface area contributed by atoms with Crippen molar-refractivity contribution in [2.24, 2.45) is 0 Å². The normalized spacial score (nSPS) is 10.8. The molecule has 2 rings (SSSR count). The van der Waals surface area contributed by atoms with E-state index in [1.807, 2.05) is 49.4 Å². The highest BCUT2D eigenvalue weighted by atomic mass is 79.9. The molecule has 2 aromatic carbocycles. The third kappa shape index (κ3) is 4.76. The molecule has 0 aliphatic carbocycles. The Morgan fingerprint density at radius 2 is 1.95 bits per heavy atom. The standard InChI is InChI=1S/C17H15BrO3/c1-12-2-4-13(5-3-12)11-21-16-8-7-15(18)10-14(16)6-9-17(19)20/h2-10H,11H2,1H3,(H,19,20). The lowest BCUT2D eigenvalue weighted by Gasteiger charge is -2.10. The molecule has 0 bridgehead atoms. The number of hydrogen-bond acceptors (Lipinski definition) is 2. The van der Waals surface area contributed by atoms with Crippen LogP contribution in [0.25, 0.3) is 6.08 Å². The van der Waals surface area contributed by atoms with Gasteiger partial charge in [0.1, 0.15) is 12.4 Å². The molecule has 4 heteroatoms. The Balaban J connectivity index is 2.15. The van der Waals surface area contributed by atoms with Crippen molar-refractivity contribution in [2.75, 3.05) is 0 Å². The maximum Gasteiger partial charge on any atom is 0.328 e. The Morgan fingerprint density at radius 1 is 1.24 bits per heavy atom. The minimum absolute atomic E-state index is 0.440. The van der Waals surface area contributed by atoms with E-state index in [2.05, 4.69) is 15.9 Å². The minimum atomic E-state index is -0.987. The Hall–Kier alpha value is -2.07. The Kier molecular flexibility index (Phi) is 5.17. The smallest absolute Gasteiger partial charge is 0.328 e. The summed E-state index contributed by atoms with van der Waals surface area (Å²) in [6, 6.07) is 13.6. The van der Waals surface area contributed by atoms with Crippen LogP contribution in [0, 0.1) is 6.92 Å². The molecule has 2 aromatic rings. The minimum Gasteiger partial charge on any atom is -0.488 e. The monoisotopic (exact) mass is 346 g/mol. The largest absolute Gasteiger partial charge is 0.488 e. The first-order valence-electron chi connectivity index (χ1n) is 6.43. The molecule has 0 heterocycles. The third-order valence-electron chi connectivity index (χ3n) is 2.89. The van der Waals surface area contributed by atoms with Gasteiger partial charge < -0.3 is 9.84 Å². The first-order chi connectivity index (χ1) is 10.0. The number of aryl methyl sites for hydroxylation is 1. The van der Waals surface area contributed by atoms with Gasteiger partial charge in [0.25, 0.3) is 0 Å². The fraction of sp³-hybridized carbons (Fsp3) is 0.118. The number of carboxylic acids is 1. The van der Waals surface area contributed by atoms with Crippen LogP contribution in [0.5, 0.6) is 5.75 Å². The van der Waals surface area contributed by atoms with Crippen LogP contribution in [0.4, 0.5) is 0 Å². The molecule has 0 spiro atoms. The number of rotatable bonds is 5. The second-order valence-electron chi connectivity index (χ2n) is 4.63. The summed E-state index contributed by atoms with van der Waals surface area (Å²) in [7, 11) is 0. The van der Waals surface area contributed by atoms with Crippen LogP contribution in [0.3, 0.4) is 0 Å². The Labute approximate surface area is 132 Å². The van der Waals surface area contributed by atoms with Crippen molar-refractivity contribution >= 4 is 28.0 Å². The molecule has 0 aliphatic rings. The van der Waals surface area contributed by atoms with Gasteiger partial charge >= 0.3 is 5.97 Å². The lowest BCUT2D eigenvalue weighted by molar-refractivity contribution is -0.131. The van der Waals surface area contributed by atoms with Gasteiger partial charge in [0.2, 0.25) is 0 Å². The van der Waals surface area contributed by atoms with Crippen LogP contribution >= 0.6 is 15.9 Å². The van der Waals surface area contributed by atoms with E-state index in [4.69, 9.17) is 9.84 Å². The Morgan fingerprint density at radius 3 is 2.62 bits per heavy atom. The van der Waals surface area contributed by atoms with E-state index in [1.54, 1.807) is 0 Å². The van der Waals surface area contributed by atoms with Crippen molar-refractivity contribution in [1.82, 2.24) is 0 Å². The summed E-state index contributed by atoms with van der Waals surface area (Å²) in [5, 5.41) is 8.73. The maximum absolute atomic E-state index is 10.6. The van der Waals surface area contributed by atoms with Gasteiger partial charge in [0.05, 0.1) is 0 Å². The molecule has 0 amide bonds. The van der Waals surface area contributed by atoms with Crippen molar-refractivity contribution in [2.45, 2.75) is 13.5 Å². The summed E-state index contributed by atoms with van der Waals surface area (Å²) in [5.74, 6) is -0.337. The van der Waals surface area contributed by atoms with Gasteiger partial charge in [-0.15, -0.1) is 0 Å². The fourth-order valence-corrected chi connectivity index (χ4v) is 2.17. The quantitative estimate of drug-likeness (QED) is 0.814. The molecule has 108 valence electrons. The molecule has 0 aliphatic heterocycles. The van der Waals surface area contributed by atoms with E-state index in [1.165, 1.54) is 11.6 Å². The van der Waals surface area contributed by atoms with Gasteiger partial charge in [-0.1, -0.05) is 45.8 Å². The number of aliphatic carboxylic acids is 1. The van der Waals surface area contributed by atoms with Crippen LogP contribution < -0.4 is 4.74 Å². The predicted octanol–water partition coefficient (Wildman–Crippen LogP) is 4.43. The molecule has 0 fully saturated rings. The molecule has 0 atom stereocenters. The molecule has 0 saturated heterocycles. The molecule has 0 aromatic heterocycles. The molecule has 3 nitrogen and oxygen atoms in total. The molecule has 0 saturated carbocycles. The van der Waals surface area contributed by atoms with E-state index < -0.39 is 5.97 Å². The molecule has 21 heavy (non-hydrogen) atoms. The van der Waals surface area contributed by atoms with Crippen LogP contribution in [-0.4, -0.2) is 11.1 Å². The van der Waals surface area contributed by atoms with Gasteiger partial charge in [-0.2, -0.15) is 0 Å². The van der Waals surface area contributed by atoms with Crippen LogP contribution in [0.15, 0.2) is 53.0 Å². The molecular weight excluding hydrogens is 332 g/mol. The highest BCUT2D eigenvalue weighted by molar-refractivity contribution is 9.10. The SMILES string of the molecule is Cc1ccc(COc2ccc(Br)cc2C=CC(=O)O)cc1. The topological polar surface area (TPSA) is 46.5 Å². The van der Waals surface area contributed by atoms with Crippen molar-refractivity contribution < 1.29 is 14.6 Å². The fourth-order valence-electron chi connectivity index (χ4n) is 1.79. The van der Waals surface area contributed by atoms with Crippen molar-refractivity contribution in [3.63, 3.8) is 0 Å². The number of ether oxygens (including phenoxy) is 1. The summed E-state index contributed by atoms with van der Waals surface area (Å²) in [4.78, 5) is 10.6. The summed E-state index contributed by atoms with van der Waals surface area (Å²) in [6.07, 6.45) is 2.62. The first kappa shape index (κ1) is 15.3. The number of halogens is 1. The van der Waals surface area contributed by atoms with E-state index in [0.29, 0.717) is 12.4 Å². The molecular formula is C17H15BrO3. The summed E-state index contributed by atoms with van der Waals surface area (Å²) in [6.45, 7) is 2.48. The van der Waals surface area contributed by atoms with Crippen LogP contribution in [-0.2, 0) is 11.4 Å². The van der Waals surface area contributed by atoms with Gasteiger partial charge in [-0.05, 0) is 36.8 Å². The van der Waals surface area contributed by atoms with E-state index in [-0.39, 0.29) is 0 Å². The summed E-state index contributed by atoms with van der Waals surface area (Å²) >= 11 is 3.37. The van der Waals surface area contributed by atoms with E-state index in [0.717, 1.165) is 21.7 Å². The predicted molar refractivity (Wildman–Crippen MR) is 86.3 cm³/mol. The average Bonchev–Trinajstić information content (AvgIpc) is 2.45. The zero-order valence-corrected chi connectivity index (χ0v) is 13.1. The second-order valence-corrected chi connectivity index (χ2v) is 5.54. The highest BCUT2D eigenvalue weighted by Gasteiger charge is 2.03. The zero-order chi connectivity index (χ0) is 15.2. The first-order valence-corrected chi connectivity index (χ1v) is 7.23. The molecule has 0 radical (unpaired) electrons. The van der Waals surface area contributed by atoms with E-state index >= 15 is 0 Å². The molecule has 0 unspecified atom stereocenters. The summed E-state index contributed by atoms with van der Waals surface area (Å²) in [5.41, 5.74) is 2.99. The summed E-state index contributed by atoms with van der Waals surface area (Å²) < 4.78 is 6.66. The Bertz CT molecular complexity index is 660. The van der Waals surface area contributed by atoms with Crippen molar-refractivity contribution in [3.8, 4) is 5.75 Å². The molecule has 1 N–H and O–H groups in total. The van der Waals surface area contributed by atoms with Crippen LogP contribution in [0.2, 0.25) is 0 Å². The maximum atomic E-state index is 10.6. The third-order valence-corrected chi connectivity index (χ3v) is 3.39. The number of carbonyl (C=O) groups is 1. The lowest BCUT2D eigenvalue weighted by Crippen LogP contribution is -1.97. The van der Waals surface area contributed by atoms with Crippen LogP contribution in [0.1, 0.15) is 16.7 Å². The van der Waals surface area contributed by atoms with Gasteiger partial charge in [-0.25, -0.2) is 4.79 Å². The van der Waals surface area contributed by atoms with Crippen molar-refractivity contribution in [3.05, 3.63) is 69.7 Å². The highest BCUT2D eigenvalue weighted by Crippen LogP contribution is 2.25. The van der Waals surface area contributed by atoms with Gasteiger partial charge in [-0.3, -0.25) is 0 Å². The van der Waals surface area contributed by atoms with E-state index in [9.17, 15) is 4.79 Å². The number of carboxylic acid groups (broad SMARTS) is 1. The second kappa shape index (κ2) is 7.09. The number of benzene rings is 2. The zero-order valence-electron chi connectivity index (χ0n) is 11.5.